The number of likely N-dealkylation sites (N-methyl/N-ethyl adjacent to an activating group) is 1. The first-order valence-corrected chi connectivity index (χ1v) is 6.84. The largest absolute Gasteiger partial charge is 0.356 e. The van der Waals surface area contributed by atoms with Crippen LogP contribution < -0.4 is 10.6 Å². The maximum absolute atomic E-state index is 4.20. The minimum atomic E-state index is 0. The van der Waals surface area contributed by atoms with E-state index in [4.69, 9.17) is 0 Å². The van der Waals surface area contributed by atoms with Gasteiger partial charge >= 0.3 is 0 Å². The zero-order valence-electron chi connectivity index (χ0n) is 12.6. The highest BCUT2D eigenvalue weighted by molar-refractivity contribution is 14.0. The van der Waals surface area contributed by atoms with Crippen LogP contribution in [-0.2, 0) is 0 Å². The third kappa shape index (κ3) is 9.94. The molecule has 0 aromatic rings. The first-order chi connectivity index (χ1) is 8.15. The Kier molecular flexibility index (Phi) is 15.1. The zero-order chi connectivity index (χ0) is 13.1. The molecule has 0 saturated heterocycles. The van der Waals surface area contributed by atoms with E-state index in [1.807, 2.05) is 7.05 Å². The molecule has 0 heterocycles. The average Bonchev–Trinajstić information content (AvgIpc) is 2.32. The first kappa shape index (κ1) is 20.3. The molecule has 0 aliphatic heterocycles. The topological polar surface area (TPSA) is 39.7 Å². The lowest BCUT2D eigenvalue weighted by molar-refractivity contribution is 0.237. The molecule has 0 aliphatic carbocycles. The Balaban J connectivity index is 0. The fourth-order valence-corrected chi connectivity index (χ4v) is 1.70. The molecular formula is C13H31IN4. The summed E-state index contributed by atoms with van der Waals surface area (Å²) >= 11 is 0. The molecule has 0 atom stereocenters. The Morgan fingerprint density at radius 1 is 1.17 bits per heavy atom. The average molecular weight is 370 g/mol. The van der Waals surface area contributed by atoms with Crippen molar-refractivity contribution in [1.29, 1.82) is 0 Å². The first-order valence-electron chi connectivity index (χ1n) is 6.84. The lowest BCUT2D eigenvalue weighted by atomic mass is 10.3. The third-order valence-corrected chi connectivity index (χ3v) is 2.87. The fraction of sp³-hybridized carbons (Fsp3) is 0.923. The van der Waals surface area contributed by atoms with Gasteiger partial charge in [-0.25, -0.2) is 0 Å². The normalized spacial score (nSPS) is 11.6. The number of nitrogens with zero attached hydrogens (tertiary/aromatic N) is 2. The van der Waals surface area contributed by atoms with Crippen molar-refractivity contribution < 1.29 is 0 Å². The molecule has 0 saturated carbocycles. The van der Waals surface area contributed by atoms with Crippen LogP contribution in [0.4, 0.5) is 0 Å². The van der Waals surface area contributed by atoms with Gasteiger partial charge in [-0.1, -0.05) is 20.3 Å². The molecule has 0 radical (unpaired) electrons. The molecule has 0 unspecified atom stereocenters. The molecule has 0 rings (SSSR count). The highest BCUT2D eigenvalue weighted by Crippen LogP contribution is 1.95. The van der Waals surface area contributed by atoms with Gasteiger partial charge in [-0.3, -0.25) is 9.89 Å². The number of halogens is 1. The van der Waals surface area contributed by atoms with Gasteiger partial charge < -0.3 is 10.6 Å². The standard InChI is InChI=1S/C13H30N4.HI/c1-6-8-9-15-13(14-5)16-10-11-17(7-2)12(3)4;/h12H,6-11H2,1-5H3,(H2,14,15,16);1H. The van der Waals surface area contributed by atoms with Gasteiger partial charge in [-0.05, 0) is 26.8 Å². The van der Waals surface area contributed by atoms with Crippen LogP contribution in [0.3, 0.4) is 0 Å². The van der Waals surface area contributed by atoms with Gasteiger partial charge in [-0.2, -0.15) is 0 Å². The van der Waals surface area contributed by atoms with Crippen molar-refractivity contribution >= 4 is 29.9 Å². The zero-order valence-corrected chi connectivity index (χ0v) is 15.0. The maximum atomic E-state index is 4.20. The van der Waals surface area contributed by atoms with Crippen molar-refractivity contribution in [3.8, 4) is 0 Å². The van der Waals surface area contributed by atoms with Crippen molar-refractivity contribution in [3.63, 3.8) is 0 Å². The maximum Gasteiger partial charge on any atom is 0.191 e. The Labute approximate surface area is 130 Å². The minimum absolute atomic E-state index is 0. The summed E-state index contributed by atoms with van der Waals surface area (Å²) in [7, 11) is 1.82. The van der Waals surface area contributed by atoms with Crippen LogP contribution in [0.2, 0.25) is 0 Å². The molecule has 110 valence electrons. The van der Waals surface area contributed by atoms with Crippen LogP contribution in [-0.4, -0.2) is 50.1 Å². The molecule has 2 N–H and O–H groups in total. The molecule has 0 aromatic heterocycles. The van der Waals surface area contributed by atoms with E-state index in [0.29, 0.717) is 6.04 Å². The molecule has 0 amide bonds. The minimum Gasteiger partial charge on any atom is -0.356 e. The second-order valence-corrected chi connectivity index (χ2v) is 4.50. The summed E-state index contributed by atoms with van der Waals surface area (Å²) in [6.45, 7) is 13.0. The smallest absolute Gasteiger partial charge is 0.191 e. The van der Waals surface area contributed by atoms with Crippen LogP contribution in [0.15, 0.2) is 4.99 Å². The van der Waals surface area contributed by atoms with Gasteiger partial charge in [0.1, 0.15) is 0 Å². The fourth-order valence-electron chi connectivity index (χ4n) is 1.70. The SMILES string of the molecule is CCCCNC(=NC)NCCN(CC)C(C)C.I. The summed E-state index contributed by atoms with van der Waals surface area (Å²) in [5.74, 6) is 0.915. The van der Waals surface area contributed by atoms with E-state index in [1.165, 1.54) is 12.8 Å². The summed E-state index contributed by atoms with van der Waals surface area (Å²) < 4.78 is 0. The monoisotopic (exact) mass is 370 g/mol. The number of unbranched alkanes of at least 4 members (excludes halogenated alkanes) is 1. The number of hydrogen-bond acceptors (Lipinski definition) is 2. The molecule has 5 heteroatoms. The number of nitrogens with one attached hydrogen (secondary N) is 2. The lowest BCUT2D eigenvalue weighted by Gasteiger charge is -2.25. The summed E-state index contributed by atoms with van der Waals surface area (Å²) in [5.41, 5.74) is 0. The second-order valence-electron chi connectivity index (χ2n) is 4.50. The Morgan fingerprint density at radius 3 is 2.22 bits per heavy atom. The van der Waals surface area contributed by atoms with Crippen molar-refractivity contribution in [2.75, 3.05) is 33.2 Å². The van der Waals surface area contributed by atoms with Crippen molar-refractivity contribution in [2.24, 2.45) is 4.99 Å². The van der Waals surface area contributed by atoms with Gasteiger partial charge in [-0.15, -0.1) is 24.0 Å². The number of rotatable bonds is 8. The van der Waals surface area contributed by atoms with E-state index in [1.54, 1.807) is 0 Å². The van der Waals surface area contributed by atoms with Crippen molar-refractivity contribution in [1.82, 2.24) is 15.5 Å². The molecule has 0 fully saturated rings. The summed E-state index contributed by atoms with van der Waals surface area (Å²) in [6, 6.07) is 0.608. The van der Waals surface area contributed by atoms with Crippen LogP contribution in [0, 0.1) is 0 Å². The van der Waals surface area contributed by atoms with E-state index in [0.717, 1.165) is 32.1 Å². The van der Waals surface area contributed by atoms with E-state index < -0.39 is 0 Å². The van der Waals surface area contributed by atoms with Crippen LogP contribution in [0.1, 0.15) is 40.5 Å². The highest BCUT2D eigenvalue weighted by Gasteiger charge is 2.06. The molecule has 18 heavy (non-hydrogen) atoms. The quantitative estimate of drug-likeness (QED) is 0.298. The van der Waals surface area contributed by atoms with Crippen molar-refractivity contribution in [3.05, 3.63) is 0 Å². The Morgan fingerprint density at radius 2 is 1.78 bits per heavy atom. The molecule has 0 spiro atoms. The van der Waals surface area contributed by atoms with E-state index in [-0.39, 0.29) is 24.0 Å². The highest BCUT2D eigenvalue weighted by atomic mass is 127. The van der Waals surface area contributed by atoms with E-state index in [2.05, 4.69) is 48.2 Å². The third-order valence-electron chi connectivity index (χ3n) is 2.87. The summed E-state index contributed by atoms with van der Waals surface area (Å²) in [6.07, 6.45) is 2.40. The van der Waals surface area contributed by atoms with Crippen LogP contribution in [0.25, 0.3) is 0 Å². The van der Waals surface area contributed by atoms with Gasteiger partial charge in [0.2, 0.25) is 0 Å². The molecule has 0 aromatic carbocycles. The van der Waals surface area contributed by atoms with Crippen LogP contribution >= 0.6 is 24.0 Å². The molecule has 0 bridgehead atoms. The predicted molar refractivity (Wildman–Crippen MR) is 92.1 cm³/mol. The van der Waals surface area contributed by atoms with Gasteiger partial charge in [0, 0.05) is 32.7 Å². The lowest BCUT2D eigenvalue weighted by Crippen LogP contribution is -2.43. The van der Waals surface area contributed by atoms with E-state index >= 15 is 0 Å². The number of hydrogen-bond donors (Lipinski definition) is 2. The predicted octanol–water partition coefficient (Wildman–Crippen LogP) is 2.30. The summed E-state index contributed by atoms with van der Waals surface area (Å²) in [4.78, 5) is 6.64. The van der Waals surface area contributed by atoms with Gasteiger partial charge in [0.15, 0.2) is 5.96 Å². The van der Waals surface area contributed by atoms with Crippen LogP contribution in [0.5, 0.6) is 0 Å². The molecule has 0 aliphatic rings. The van der Waals surface area contributed by atoms with E-state index in [9.17, 15) is 0 Å². The molecule has 4 nitrogen and oxygen atoms in total. The van der Waals surface area contributed by atoms with Gasteiger partial charge in [0.05, 0.1) is 0 Å². The Bertz CT molecular complexity index is 207. The van der Waals surface area contributed by atoms with Gasteiger partial charge in [0.25, 0.3) is 0 Å². The number of guanidine groups is 1. The summed E-state index contributed by atoms with van der Waals surface area (Å²) in [5, 5.41) is 6.66. The Hall–Kier alpha value is -0.0400. The van der Waals surface area contributed by atoms with Crippen molar-refractivity contribution in [2.45, 2.75) is 46.6 Å². The second kappa shape index (κ2) is 13.4. The number of aliphatic imine (C=N–C) groups is 1. The molecular weight excluding hydrogens is 339 g/mol.